The Bertz CT molecular complexity index is 1020. The van der Waals surface area contributed by atoms with Crippen LogP contribution in [0.2, 0.25) is 0 Å². The first-order chi connectivity index (χ1) is 18.9. The zero-order chi connectivity index (χ0) is 27.9. The van der Waals surface area contributed by atoms with Crippen molar-refractivity contribution in [1.82, 2.24) is 9.80 Å². The third-order valence-corrected chi connectivity index (χ3v) is 8.30. The van der Waals surface area contributed by atoms with E-state index in [0.717, 1.165) is 19.3 Å². The van der Waals surface area contributed by atoms with Crippen LogP contribution in [-0.4, -0.2) is 91.4 Å². The predicted octanol–water partition coefficient (Wildman–Crippen LogP) is 3.43. The molecule has 10 heteroatoms. The van der Waals surface area contributed by atoms with E-state index in [1.807, 2.05) is 6.07 Å². The molecule has 5 unspecified atom stereocenters. The molecule has 0 radical (unpaired) electrons. The summed E-state index contributed by atoms with van der Waals surface area (Å²) in [6, 6.07) is 7.86. The normalized spacial score (nSPS) is 29.1. The van der Waals surface area contributed by atoms with E-state index in [0.29, 0.717) is 44.5 Å². The fourth-order valence-electron chi connectivity index (χ4n) is 6.46. The fourth-order valence-corrected chi connectivity index (χ4v) is 6.46. The summed E-state index contributed by atoms with van der Waals surface area (Å²) in [4.78, 5) is 54.6. The minimum atomic E-state index is -0.695. The number of benzene rings is 1. The highest BCUT2D eigenvalue weighted by atomic mass is 16.6. The van der Waals surface area contributed by atoms with Gasteiger partial charge < -0.3 is 18.9 Å². The molecule has 10 nitrogen and oxygen atoms in total. The third kappa shape index (κ3) is 6.72. The molecule has 2 heterocycles. The molecule has 2 aliphatic heterocycles. The smallest absolute Gasteiger partial charge is 0.410 e. The fraction of sp³-hybridized carbons (Fsp3) is 0.655. The van der Waals surface area contributed by atoms with Gasteiger partial charge in [0.05, 0.1) is 25.9 Å². The van der Waals surface area contributed by atoms with E-state index < -0.39 is 24.1 Å². The molecule has 4 rings (SSSR count). The van der Waals surface area contributed by atoms with Crippen molar-refractivity contribution in [3.8, 4) is 0 Å². The van der Waals surface area contributed by atoms with Crippen LogP contribution in [-0.2, 0) is 28.5 Å². The van der Waals surface area contributed by atoms with E-state index >= 15 is 0 Å². The summed E-state index contributed by atoms with van der Waals surface area (Å²) in [6.07, 6.45) is 3.19. The van der Waals surface area contributed by atoms with Crippen molar-refractivity contribution in [1.29, 1.82) is 0 Å². The molecule has 0 spiro atoms. The van der Waals surface area contributed by atoms with Gasteiger partial charge in [0.2, 0.25) is 0 Å². The maximum atomic E-state index is 13.0. The molecule has 39 heavy (non-hydrogen) atoms. The van der Waals surface area contributed by atoms with E-state index in [9.17, 15) is 19.2 Å². The number of hydrogen-bond donors (Lipinski definition) is 0. The average Bonchev–Trinajstić information content (AvgIpc) is 2.96. The number of hydrogen-bond acceptors (Lipinski definition) is 9. The molecule has 1 amide bonds. The van der Waals surface area contributed by atoms with Crippen molar-refractivity contribution >= 4 is 24.0 Å². The first kappa shape index (κ1) is 28.9. The predicted molar refractivity (Wildman–Crippen MR) is 141 cm³/mol. The Morgan fingerprint density at radius 2 is 1.51 bits per heavy atom. The number of likely N-dealkylation sites (tertiary alicyclic amines) is 2. The number of esters is 3. The topological polar surface area (TPSA) is 112 Å². The third-order valence-electron chi connectivity index (χ3n) is 8.30. The quantitative estimate of drug-likeness (QED) is 0.376. The van der Waals surface area contributed by atoms with Gasteiger partial charge in [0, 0.05) is 19.1 Å². The van der Waals surface area contributed by atoms with Gasteiger partial charge in [-0.1, -0.05) is 18.2 Å². The van der Waals surface area contributed by atoms with Crippen LogP contribution >= 0.6 is 0 Å². The minimum absolute atomic E-state index is 0.0615. The number of piperidine rings is 2. The molecule has 0 aromatic heterocycles. The number of ether oxygens (including phenoxy) is 4. The van der Waals surface area contributed by atoms with Crippen molar-refractivity contribution in [3.05, 3.63) is 35.9 Å². The van der Waals surface area contributed by atoms with Gasteiger partial charge in [0.1, 0.15) is 18.2 Å². The molecule has 3 aliphatic rings. The highest BCUT2D eigenvalue weighted by Crippen LogP contribution is 2.42. The van der Waals surface area contributed by atoms with Crippen LogP contribution in [0.15, 0.2) is 30.3 Å². The summed E-state index contributed by atoms with van der Waals surface area (Å²) in [5, 5.41) is 0. The lowest BCUT2D eigenvalue weighted by atomic mass is 9.70. The second-order valence-electron chi connectivity index (χ2n) is 10.5. The van der Waals surface area contributed by atoms with Gasteiger partial charge in [-0.3, -0.25) is 14.6 Å². The minimum Gasteiger partial charge on any atom is -0.465 e. The molecule has 3 fully saturated rings. The van der Waals surface area contributed by atoms with Crippen LogP contribution in [0.25, 0.3) is 0 Å². The summed E-state index contributed by atoms with van der Waals surface area (Å²) in [5.74, 6) is -0.639. The standard InChI is InChI=1S/C29H40N2O8/c1-4-37-27(33)24-14-13-23(39-26(32)19-9-7-6-8-10-19)18-30(24)22-12-11-20-17-31(29(35)36-3)25(16-21(20)15-22)28(34)38-5-2/h6-10,20-25H,4-5,11-18H2,1-3H3/t20?,21?,22?,23-,24?,25?/m0/s1. The lowest BCUT2D eigenvalue weighted by molar-refractivity contribution is -0.156. The van der Waals surface area contributed by atoms with E-state index in [1.165, 1.54) is 12.0 Å². The summed E-state index contributed by atoms with van der Waals surface area (Å²) in [7, 11) is 1.32. The summed E-state index contributed by atoms with van der Waals surface area (Å²) >= 11 is 0. The number of carbonyl (C=O) groups excluding carboxylic acids is 4. The molecule has 214 valence electrons. The Morgan fingerprint density at radius 1 is 0.821 bits per heavy atom. The van der Waals surface area contributed by atoms with Gasteiger partial charge in [-0.15, -0.1) is 0 Å². The van der Waals surface area contributed by atoms with Gasteiger partial charge in [0.15, 0.2) is 0 Å². The summed E-state index contributed by atoms with van der Waals surface area (Å²) in [6.45, 7) is 4.96. The van der Waals surface area contributed by atoms with Crippen molar-refractivity contribution in [2.45, 2.75) is 76.6 Å². The Hall–Kier alpha value is -3.14. The van der Waals surface area contributed by atoms with E-state index in [4.69, 9.17) is 18.9 Å². The number of carbonyl (C=O) groups is 4. The number of methoxy groups -OCH3 is 1. The molecule has 0 N–H and O–H groups in total. The number of amides is 1. The first-order valence-electron chi connectivity index (χ1n) is 14.1. The van der Waals surface area contributed by atoms with Crippen molar-refractivity contribution < 1.29 is 38.1 Å². The lowest BCUT2D eigenvalue weighted by Gasteiger charge is -2.50. The second-order valence-corrected chi connectivity index (χ2v) is 10.5. The Morgan fingerprint density at radius 3 is 2.18 bits per heavy atom. The molecule has 6 atom stereocenters. The summed E-state index contributed by atoms with van der Waals surface area (Å²) in [5.41, 5.74) is 0.499. The molecular weight excluding hydrogens is 504 g/mol. The van der Waals surface area contributed by atoms with Crippen LogP contribution in [0.3, 0.4) is 0 Å². The van der Waals surface area contributed by atoms with Crippen LogP contribution in [0.5, 0.6) is 0 Å². The molecule has 1 aromatic carbocycles. The van der Waals surface area contributed by atoms with Gasteiger partial charge in [-0.05, 0) is 76.3 Å². The SMILES string of the molecule is CCOC(=O)C1CC2CC(N3C[C@@H](OC(=O)c4ccccc4)CCC3C(=O)OCC)CCC2CN1C(=O)OC. The lowest BCUT2D eigenvalue weighted by Crippen LogP contribution is -2.59. The average molecular weight is 545 g/mol. The highest BCUT2D eigenvalue weighted by molar-refractivity contribution is 5.89. The van der Waals surface area contributed by atoms with E-state index in [-0.39, 0.29) is 42.5 Å². The largest absolute Gasteiger partial charge is 0.465 e. The maximum Gasteiger partial charge on any atom is 0.410 e. The molecule has 1 aliphatic carbocycles. The number of nitrogens with zero attached hydrogens (tertiary/aromatic N) is 2. The molecule has 2 saturated heterocycles. The van der Waals surface area contributed by atoms with Crippen molar-refractivity contribution in [3.63, 3.8) is 0 Å². The van der Waals surface area contributed by atoms with Gasteiger partial charge in [-0.25, -0.2) is 14.4 Å². The summed E-state index contributed by atoms with van der Waals surface area (Å²) < 4.78 is 21.5. The Balaban J connectivity index is 1.49. The molecule has 1 aromatic rings. The van der Waals surface area contributed by atoms with Crippen LogP contribution in [0, 0.1) is 11.8 Å². The van der Waals surface area contributed by atoms with E-state index in [2.05, 4.69) is 4.90 Å². The first-order valence-corrected chi connectivity index (χ1v) is 14.1. The molecule has 0 bridgehead atoms. The Kier molecular flexibility index (Phi) is 9.83. The monoisotopic (exact) mass is 544 g/mol. The zero-order valence-electron chi connectivity index (χ0n) is 23.1. The second kappa shape index (κ2) is 13.3. The van der Waals surface area contributed by atoms with Gasteiger partial charge in [-0.2, -0.15) is 0 Å². The maximum absolute atomic E-state index is 13.0. The van der Waals surface area contributed by atoms with Crippen molar-refractivity contribution in [2.24, 2.45) is 11.8 Å². The van der Waals surface area contributed by atoms with Gasteiger partial charge >= 0.3 is 24.0 Å². The molecule has 1 saturated carbocycles. The van der Waals surface area contributed by atoms with Crippen LogP contribution in [0.1, 0.15) is 62.7 Å². The van der Waals surface area contributed by atoms with Crippen LogP contribution in [0.4, 0.5) is 4.79 Å². The molecular formula is C29H40N2O8. The Labute approximate surface area is 229 Å². The van der Waals surface area contributed by atoms with Crippen molar-refractivity contribution in [2.75, 3.05) is 33.4 Å². The van der Waals surface area contributed by atoms with Gasteiger partial charge in [0.25, 0.3) is 0 Å². The number of fused-ring (bicyclic) bond motifs is 1. The zero-order valence-corrected chi connectivity index (χ0v) is 23.1. The number of rotatable bonds is 7. The van der Waals surface area contributed by atoms with E-state index in [1.54, 1.807) is 38.1 Å². The highest BCUT2D eigenvalue weighted by Gasteiger charge is 2.47. The van der Waals surface area contributed by atoms with Crippen LogP contribution < -0.4 is 0 Å².